The molecule has 108 valence electrons. The molecule has 2 atom stereocenters. The van der Waals surface area contributed by atoms with Crippen molar-refractivity contribution in [2.24, 2.45) is 0 Å². The molecule has 1 fully saturated rings. The molecule has 0 aromatic heterocycles. The van der Waals surface area contributed by atoms with Crippen molar-refractivity contribution in [2.75, 3.05) is 33.4 Å². The number of carbonyl (C=O) groups is 1. The van der Waals surface area contributed by atoms with Crippen molar-refractivity contribution in [2.45, 2.75) is 12.0 Å². The molecule has 1 amide bonds. The van der Waals surface area contributed by atoms with E-state index in [2.05, 4.69) is 10.2 Å². The Morgan fingerprint density at radius 1 is 1.55 bits per heavy atom. The maximum Gasteiger partial charge on any atom is 0.215 e. The number of nitrogens with one attached hydrogen (secondary N) is 1. The maximum absolute atomic E-state index is 13.4. The summed E-state index contributed by atoms with van der Waals surface area (Å²) in [7, 11) is 3.19. The largest absolute Gasteiger partial charge is 0.383 e. The van der Waals surface area contributed by atoms with Crippen LogP contribution in [-0.4, -0.2) is 57.9 Å². The van der Waals surface area contributed by atoms with Crippen LogP contribution in [0.2, 0.25) is 0 Å². The quantitative estimate of drug-likeness (QED) is 0.801. The van der Waals surface area contributed by atoms with Gasteiger partial charge in [-0.15, -0.1) is 0 Å². The monoisotopic (exact) mass is 278 g/mol. The third kappa shape index (κ3) is 3.80. The lowest BCUT2D eigenvalue weighted by Crippen LogP contribution is -2.39. The number of rotatable bonds is 5. The second-order valence-electron chi connectivity index (χ2n) is 5.22. The molecule has 0 saturated carbocycles. The molecule has 1 N–H and O–H groups in total. The van der Waals surface area contributed by atoms with E-state index < -0.39 is 0 Å². The fourth-order valence-corrected chi connectivity index (χ4v) is 2.77. The Bertz CT molecular complexity index is 472. The van der Waals surface area contributed by atoms with E-state index in [1.54, 1.807) is 19.2 Å². The third-order valence-corrected chi connectivity index (χ3v) is 3.67. The number of hydrogen-bond donors (Lipinski definition) is 1. The lowest BCUT2D eigenvalue weighted by Gasteiger charge is -2.19. The average Bonchev–Trinajstić information content (AvgIpc) is 2.78. The van der Waals surface area contributed by atoms with Gasteiger partial charge in [-0.25, -0.2) is 4.39 Å². The summed E-state index contributed by atoms with van der Waals surface area (Å²) in [6, 6.07) is 6.65. The van der Waals surface area contributed by atoms with Gasteiger partial charge in [0.2, 0.25) is 7.85 Å². The highest BCUT2D eigenvalue weighted by Crippen LogP contribution is 2.28. The molecule has 0 spiro atoms. The van der Waals surface area contributed by atoms with E-state index in [9.17, 15) is 9.18 Å². The molecule has 1 heterocycles. The summed E-state index contributed by atoms with van der Waals surface area (Å²) in [5.74, 6) is -0.170. The van der Waals surface area contributed by atoms with Gasteiger partial charge in [-0.2, -0.15) is 0 Å². The normalized spacial score (nSPS) is 22.9. The predicted molar refractivity (Wildman–Crippen MR) is 78.3 cm³/mol. The highest BCUT2D eigenvalue weighted by Gasteiger charge is 2.34. The Balaban J connectivity index is 2.12. The van der Waals surface area contributed by atoms with Gasteiger partial charge in [0, 0.05) is 38.7 Å². The summed E-state index contributed by atoms with van der Waals surface area (Å²) in [5.41, 5.74) is 0.934. The Labute approximate surface area is 119 Å². The van der Waals surface area contributed by atoms with Gasteiger partial charge in [0.25, 0.3) is 0 Å². The number of halogens is 1. The SMILES string of the molecule is BC(=O)N[C@@H]1CN(CCOC)C[C@H]1c1cccc(F)c1. The first kappa shape index (κ1) is 15.0. The topological polar surface area (TPSA) is 41.6 Å². The van der Waals surface area contributed by atoms with Gasteiger partial charge in [-0.05, 0) is 17.7 Å². The molecule has 0 aliphatic carbocycles. The van der Waals surface area contributed by atoms with Gasteiger partial charge in [0.1, 0.15) is 5.82 Å². The van der Waals surface area contributed by atoms with Crippen LogP contribution in [0.25, 0.3) is 0 Å². The van der Waals surface area contributed by atoms with Gasteiger partial charge < -0.3 is 10.1 Å². The molecule has 1 aromatic rings. The van der Waals surface area contributed by atoms with Gasteiger partial charge in [-0.3, -0.25) is 9.69 Å². The van der Waals surface area contributed by atoms with Crippen LogP contribution in [-0.2, 0) is 4.74 Å². The van der Waals surface area contributed by atoms with Crippen LogP contribution in [0, 0.1) is 5.82 Å². The predicted octanol–water partition coefficient (Wildman–Crippen LogP) is 0.583. The van der Waals surface area contributed by atoms with E-state index in [-0.39, 0.29) is 23.6 Å². The van der Waals surface area contributed by atoms with Crippen molar-refractivity contribution in [3.05, 3.63) is 35.6 Å². The van der Waals surface area contributed by atoms with E-state index in [0.717, 1.165) is 25.2 Å². The van der Waals surface area contributed by atoms with Crippen molar-refractivity contribution in [1.29, 1.82) is 0 Å². The zero-order chi connectivity index (χ0) is 14.5. The summed E-state index contributed by atoms with van der Waals surface area (Å²) in [5, 5.41) is 2.97. The minimum absolute atomic E-state index is 0.0196. The van der Waals surface area contributed by atoms with Gasteiger partial charge in [0.05, 0.1) is 6.61 Å². The van der Waals surface area contributed by atoms with Crippen LogP contribution in [0.15, 0.2) is 24.3 Å². The van der Waals surface area contributed by atoms with Crippen LogP contribution in [0.4, 0.5) is 9.18 Å². The molecule has 0 unspecified atom stereocenters. The first-order chi connectivity index (χ1) is 9.60. The van der Waals surface area contributed by atoms with Crippen molar-refractivity contribution in [3.63, 3.8) is 0 Å². The van der Waals surface area contributed by atoms with Crippen molar-refractivity contribution in [3.8, 4) is 0 Å². The number of hydrogen-bond acceptors (Lipinski definition) is 3. The van der Waals surface area contributed by atoms with Crippen molar-refractivity contribution >= 4 is 13.7 Å². The molecule has 0 bridgehead atoms. The summed E-state index contributed by atoms with van der Waals surface area (Å²) in [6.07, 6.45) is 0. The fraction of sp³-hybridized carbons (Fsp3) is 0.500. The standard InChI is InChI=1S/C14H20BFN2O2/c1-20-6-5-18-8-12(13(9-18)17-14(15)19)10-3-2-4-11(16)7-10/h2-4,7,12-13H,5-6,8-9,15H2,1H3,(H,17,19)/t12-,13+/m0/s1. The zero-order valence-electron chi connectivity index (χ0n) is 11.9. The number of methoxy groups -OCH3 is 1. The number of ether oxygens (including phenoxy) is 1. The van der Waals surface area contributed by atoms with Crippen molar-refractivity contribution < 1.29 is 13.9 Å². The molecular formula is C14H20BFN2O2. The molecule has 1 aliphatic heterocycles. The average molecular weight is 278 g/mol. The van der Waals surface area contributed by atoms with E-state index in [1.165, 1.54) is 13.9 Å². The Hall–Kier alpha value is -1.40. The number of amides is 1. The molecular weight excluding hydrogens is 258 g/mol. The molecule has 6 heteroatoms. The molecule has 1 aliphatic rings. The Morgan fingerprint density at radius 3 is 3.00 bits per heavy atom. The van der Waals surface area contributed by atoms with Gasteiger partial charge in [0.15, 0.2) is 5.81 Å². The van der Waals surface area contributed by atoms with Crippen LogP contribution >= 0.6 is 0 Å². The summed E-state index contributed by atoms with van der Waals surface area (Å²) in [4.78, 5) is 13.6. The summed E-state index contributed by atoms with van der Waals surface area (Å²) >= 11 is 0. The lowest BCUT2D eigenvalue weighted by molar-refractivity contribution is 0.159. The smallest absolute Gasteiger partial charge is 0.215 e. The second kappa shape index (κ2) is 6.86. The van der Waals surface area contributed by atoms with Gasteiger partial charge >= 0.3 is 0 Å². The van der Waals surface area contributed by atoms with E-state index in [1.807, 2.05) is 6.07 Å². The first-order valence-electron chi connectivity index (χ1n) is 6.84. The van der Waals surface area contributed by atoms with Crippen LogP contribution in [0.5, 0.6) is 0 Å². The summed E-state index contributed by atoms with van der Waals surface area (Å²) in [6.45, 7) is 3.04. The number of nitrogens with zero attached hydrogens (tertiary/aromatic N) is 1. The van der Waals surface area contributed by atoms with E-state index in [0.29, 0.717) is 6.61 Å². The molecule has 1 saturated heterocycles. The summed E-state index contributed by atoms with van der Waals surface area (Å²) < 4.78 is 18.5. The Morgan fingerprint density at radius 2 is 2.35 bits per heavy atom. The van der Waals surface area contributed by atoms with Gasteiger partial charge in [-0.1, -0.05) is 12.1 Å². The molecule has 2 rings (SSSR count). The van der Waals surface area contributed by atoms with Crippen LogP contribution < -0.4 is 5.32 Å². The molecule has 1 aromatic carbocycles. The Kier molecular flexibility index (Phi) is 5.14. The molecule has 0 radical (unpaired) electrons. The highest BCUT2D eigenvalue weighted by atomic mass is 19.1. The van der Waals surface area contributed by atoms with Crippen molar-refractivity contribution in [1.82, 2.24) is 10.2 Å². The van der Waals surface area contributed by atoms with E-state index >= 15 is 0 Å². The molecule has 4 nitrogen and oxygen atoms in total. The minimum atomic E-state index is -0.237. The lowest BCUT2D eigenvalue weighted by atomic mass is 9.93. The first-order valence-corrected chi connectivity index (χ1v) is 6.84. The van der Waals surface area contributed by atoms with E-state index in [4.69, 9.17) is 4.74 Å². The minimum Gasteiger partial charge on any atom is -0.383 e. The number of carbonyl (C=O) groups excluding carboxylic acids is 1. The maximum atomic E-state index is 13.4. The van der Waals surface area contributed by atoms with Crippen LogP contribution in [0.3, 0.4) is 0 Å². The number of likely N-dealkylation sites (tertiary alicyclic amines) is 1. The highest BCUT2D eigenvalue weighted by molar-refractivity contribution is 6.57. The number of benzene rings is 1. The fourth-order valence-electron chi connectivity index (χ4n) is 2.77. The zero-order valence-corrected chi connectivity index (χ0v) is 11.9. The molecule has 20 heavy (non-hydrogen) atoms. The third-order valence-electron chi connectivity index (χ3n) is 3.67. The second-order valence-corrected chi connectivity index (χ2v) is 5.22. The van der Waals surface area contributed by atoms with Crippen LogP contribution in [0.1, 0.15) is 11.5 Å².